The lowest BCUT2D eigenvalue weighted by Crippen LogP contribution is -2.11. The van der Waals surface area contributed by atoms with Crippen molar-refractivity contribution in [2.45, 2.75) is 19.8 Å². The fourth-order valence-corrected chi connectivity index (χ4v) is 2.46. The van der Waals surface area contributed by atoms with Crippen molar-refractivity contribution in [3.8, 4) is 17.2 Å². The minimum absolute atomic E-state index is 0.327. The number of ether oxygens (including phenoxy) is 3. The number of benzene rings is 2. The van der Waals surface area contributed by atoms with Gasteiger partial charge in [0.1, 0.15) is 30.5 Å². The Morgan fingerprint density at radius 2 is 1.77 bits per heavy atom. The molecule has 0 saturated carbocycles. The van der Waals surface area contributed by atoms with Crippen LogP contribution in [-0.2, 0) is 4.79 Å². The summed E-state index contributed by atoms with van der Waals surface area (Å²) in [4.78, 5) is 10.7. The van der Waals surface area contributed by atoms with Crippen LogP contribution in [0.25, 0.3) is 6.08 Å². The van der Waals surface area contributed by atoms with Crippen molar-refractivity contribution in [2.75, 3.05) is 20.3 Å². The number of carbonyl (C=O) groups is 1. The number of rotatable bonds is 9. The number of carboxylic acid groups (broad SMARTS) is 1. The summed E-state index contributed by atoms with van der Waals surface area (Å²) in [5, 5.41) is 8.81. The molecule has 2 aromatic rings. The quantitative estimate of drug-likeness (QED) is 0.534. The number of aliphatic carboxylic acids is 1. The van der Waals surface area contributed by atoms with Gasteiger partial charge in [0.05, 0.1) is 7.11 Å². The largest absolute Gasteiger partial charge is 0.497 e. The number of carboxylic acids is 1. The Morgan fingerprint density at radius 3 is 2.42 bits per heavy atom. The van der Waals surface area contributed by atoms with Crippen molar-refractivity contribution in [3.63, 3.8) is 0 Å². The summed E-state index contributed by atoms with van der Waals surface area (Å²) in [5.74, 6) is 1.39. The van der Waals surface area contributed by atoms with Gasteiger partial charge in [-0.05, 0) is 35.8 Å². The molecular weight excluding hydrogens is 332 g/mol. The third kappa shape index (κ3) is 5.55. The first kappa shape index (κ1) is 19.4. The third-order valence-corrected chi connectivity index (χ3v) is 3.77. The van der Waals surface area contributed by atoms with Crippen molar-refractivity contribution in [1.29, 1.82) is 0 Å². The number of hydrogen-bond donors (Lipinski definition) is 1. The maximum Gasteiger partial charge on any atom is 0.328 e. The molecule has 138 valence electrons. The van der Waals surface area contributed by atoms with Gasteiger partial charge in [-0.2, -0.15) is 0 Å². The van der Waals surface area contributed by atoms with Gasteiger partial charge in [-0.3, -0.25) is 0 Å². The highest BCUT2D eigenvalue weighted by molar-refractivity contribution is 5.86. The molecule has 0 bridgehead atoms. The molecule has 5 heteroatoms. The summed E-state index contributed by atoms with van der Waals surface area (Å²) in [6, 6.07) is 13.2. The molecule has 0 amide bonds. The molecule has 26 heavy (non-hydrogen) atoms. The highest BCUT2D eigenvalue weighted by Crippen LogP contribution is 2.27. The molecule has 5 nitrogen and oxygen atoms in total. The van der Waals surface area contributed by atoms with Crippen molar-refractivity contribution < 1.29 is 24.1 Å². The normalized spacial score (nSPS) is 10.9. The van der Waals surface area contributed by atoms with E-state index in [4.69, 9.17) is 19.3 Å². The molecule has 0 atom stereocenters. The summed E-state index contributed by atoms with van der Waals surface area (Å²) in [6.07, 6.45) is 2.57. The van der Waals surface area contributed by atoms with Crippen LogP contribution in [0.5, 0.6) is 17.2 Å². The standard InChI is InChI=1S/C21H24O5/c1-15(2)18-6-4-5-7-19(18)25-12-13-26-20-14-17(24-3)10-8-16(20)9-11-21(22)23/h4-11,14-15H,12-13H2,1-3H3,(H,22,23). The van der Waals surface area contributed by atoms with E-state index in [0.717, 1.165) is 17.4 Å². The van der Waals surface area contributed by atoms with Gasteiger partial charge in [0, 0.05) is 17.7 Å². The molecule has 1 N–H and O–H groups in total. The highest BCUT2D eigenvalue weighted by atomic mass is 16.5. The fraction of sp³-hybridized carbons (Fsp3) is 0.286. The van der Waals surface area contributed by atoms with Gasteiger partial charge in [0.25, 0.3) is 0 Å². The highest BCUT2D eigenvalue weighted by Gasteiger charge is 2.08. The van der Waals surface area contributed by atoms with Gasteiger partial charge in [-0.1, -0.05) is 32.0 Å². The molecule has 0 aliphatic rings. The Morgan fingerprint density at radius 1 is 1.08 bits per heavy atom. The Hall–Kier alpha value is -2.95. The van der Waals surface area contributed by atoms with Gasteiger partial charge >= 0.3 is 5.97 Å². The topological polar surface area (TPSA) is 65.0 Å². The van der Waals surface area contributed by atoms with Crippen LogP contribution in [0.3, 0.4) is 0 Å². The first-order valence-electron chi connectivity index (χ1n) is 8.45. The van der Waals surface area contributed by atoms with Gasteiger partial charge in [-0.15, -0.1) is 0 Å². The molecule has 0 heterocycles. The number of methoxy groups -OCH3 is 1. The molecule has 0 spiro atoms. The van der Waals surface area contributed by atoms with Crippen molar-refractivity contribution in [3.05, 3.63) is 59.7 Å². The smallest absolute Gasteiger partial charge is 0.328 e. The second-order valence-electron chi connectivity index (χ2n) is 5.96. The molecule has 2 rings (SSSR count). The molecular formula is C21H24O5. The van der Waals surface area contributed by atoms with Gasteiger partial charge in [0.15, 0.2) is 0 Å². The van der Waals surface area contributed by atoms with Crippen LogP contribution in [0.2, 0.25) is 0 Å². The zero-order valence-corrected chi connectivity index (χ0v) is 15.3. The van der Waals surface area contributed by atoms with Gasteiger partial charge in [-0.25, -0.2) is 4.79 Å². The van der Waals surface area contributed by atoms with Crippen molar-refractivity contribution in [1.82, 2.24) is 0 Å². The second kappa shape index (κ2) is 9.51. The van der Waals surface area contributed by atoms with Crippen LogP contribution in [0, 0.1) is 0 Å². The molecule has 0 aliphatic carbocycles. The zero-order chi connectivity index (χ0) is 18.9. The van der Waals surface area contributed by atoms with E-state index >= 15 is 0 Å². The third-order valence-electron chi connectivity index (χ3n) is 3.77. The maximum absolute atomic E-state index is 10.7. The predicted octanol–water partition coefficient (Wildman–Crippen LogP) is 4.37. The summed E-state index contributed by atoms with van der Waals surface area (Å²) in [5.41, 5.74) is 1.81. The average molecular weight is 356 g/mol. The Kier molecular flexibility index (Phi) is 7.09. The Labute approximate surface area is 153 Å². The molecule has 0 saturated heterocycles. The van der Waals surface area contributed by atoms with E-state index in [9.17, 15) is 4.79 Å². The monoisotopic (exact) mass is 356 g/mol. The van der Waals surface area contributed by atoms with E-state index in [1.807, 2.05) is 18.2 Å². The Balaban J connectivity index is 2.01. The van der Waals surface area contributed by atoms with Crippen LogP contribution in [0.1, 0.15) is 30.9 Å². The summed E-state index contributed by atoms with van der Waals surface area (Å²) in [7, 11) is 1.57. The second-order valence-corrected chi connectivity index (χ2v) is 5.96. The van der Waals surface area contributed by atoms with E-state index in [0.29, 0.717) is 36.2 Å². The van der Waals surface area contributed by atoms with Crippen molar-refractivity contribution >= 4 is 12.0 Å². The van der Waals surface area contributed by atoms with Crippen LogP contribution in [0.15, 0.2) is 48.5 Å². The molecule has 0 fully saturated rings. The summed E-state index contributed by atoms with van der Waals surface area (Å²) < 4.78 is 16.8. The average Bonchev–Trinajstić information content (AvgIpc) is 2.64. The molecule has 0 radical (unpaired) electrons. The lowest BCUT2D eigenvalue weighted by Gasteiger charge is -2.15. The lowest BCUT2D eigenvalue weighted by molar-refractivity contribution is -0.131. The van der Waals surface area contributed by atoms with Crippen LogP contribution < -0.4 is 14.2 Å². The summed E-state index contributed by atoms with van der Waals surface area (Å²) in [6.45, 7) is 4.95. The minimum atomic E-state index is -1.01. The van der Waals surface area contributed by atoms with Crippen LogP contribution in [0.4, 0.5) is 0 Å². The number of para-hydroxylation sites is 1. The number of hydrogen-bond acceptors (Lipinski definition) is 4. The van der Waals surface area contributed by atoms with Crippen LogP contribution in [-0.4, -0.2) is 31.4 Å². The summed E-state index contributed by atoms with van der Waals surface area (Å²) >= 11 is 0. The molecule has 0 aromatic heterocycles. The fourth-order valence-electron chi connectivity index (χ4n) is 2.46. The first-order valence-corrected chi connectivity index (χ1v) is 8.45. The van der Waals surface area contributed by atoms with Gasteiger partial charge < -0.3 is 19.3 Å². The van der Waals surface area contributed by atoms with E-state index in [2.05, 4.69) is 19.9 Å². The van der Waals surface area contributed by atoms with Crippen LogP contribution >= 0.6 is 0 Å². The van der Waals surface area contributed by atoms with E-state index < -0.39 is 5.97 Å². The van der Waals surface area contributed by atoms with Crippen molar-refractivity contribution in [2.24, 2.45) is 0 Å². The predicted molar refractivity (Wildman–Crippen MR) is 101 cm³/mol. The SMILES string of the molecule is COc1ccc(C=CC(=O)O)c(OCCOc2ccccc2C(C)C)c1. The molecule has 0 unspecified atom stereocenters. The Bertz CT molecular complexity index is 765. The lowest BCUT2D eigenvalue weighted by atomic mass is 10.0. The van der Waals surface area contributed by atoms with Gasteiger partial charge in [0.2, 0.25) is 0 Å². The van der Waals surface area contributed by atoms with E-state index in [-0.39, 0.29) is 0 Å². The zero-order valence-electron chi connectivity index (χ0n) is 15.3. The van der Waals surface area contributed by atoms with E-state index in [1.165, 1.54) is 6.08 Å². The maximum atomic E-state index is 10.7. The van der Waals surface area contributed by atoms with E-state index in [1.54, 1.807) is 25.3 Å². The molecule has 2 aromatic carbocycles. The molecule has 0 aliphatic heterocycles. The first-order chi connectivity index (χ1) is 12.5. The minimum Gasteiger partial charge on any atom is -0.497 e.